The summed E-state index contributed by atoms with van der Waals surface area (Å²) in [6.07, 6.45) is 3.33. The molecule has 0 aliphatic rings. The number of amides is 3. The Hall–Kier alpha value is -3.07. The van der Waals surface area contributed by atoms with E-state index in [-0.39, 0.29) is 23.7 Å². The van der Waals surface area contributed by atoms with Crippen LogP contribution in [-0.2, 0) is 9.59 Å². The summed E-state index contributed by atoms with van der Waals surface area (Å²) in [6, 6.07) is 3.96. The molecule has 0 aliphatic heterocycles. The highest BCUT2D eigenvalue weighted by Crippen LogP contribution is 2.15. The van der Waals surface area contributed by atoms with Crippen LogP contribution in [0.25, 0.3) is 0 Å². The highest BCUT2D eigenvalue weighted by Gasteiger charge is 2.16. The molecule has 38 heavy (non-hydrogen) atoms. The van der Waals surface area contributed by atoms with Crippen LogP contribution in [0.1, 0.15) is 90.6 Å². The van der Waals surface area contributed by atoms with Gasteiger partial charge in [0.15, 0.2) is 0 Å². The number of halogens is 1. The smallest absolute Gasteiger partial charge is 0.270 e. The largest absolute Gasteiger partial charge is 0.366 e. The summed E-state index contributed by atoms with van der Waals surface area (Å²) < 4.78 is 14.2. The van der Waals surface area contributed by atoms with Crippen molar-refractivity contribution in [2.75, 3.05) is 33.7 Å². The molecule has 0 saturated heterocycles. The van der Waals surface area contributed by atoms with Gasteiger partial charge in [-0.2, -0.15) is 0 Å². The van der Waals surface area contributed by atoms with Crippen LogP contribution in [0.2, 0.25) is 0 Å². The van der Waals surface area contributed by atoms with Gasteiger partial charge in [0, 0.05) is 19.3 Å². The van der Waals surface area contributed by atoms with Crippen LogP contribution < -0.4 is 16.4 Å². The Balaban J connectivity index is 0. The number of nitrogens with one attached hydrogen (secondary N) is 2. The van der Waals surface area contributed by atoms with Crippen molar-refractivity contribution < 1.29 is 18.8 Å². The Labute approximate surface area is 229 Å². The molecule has 0 bridgehead atoms. The maximum atomic E-state index is 14.2. The fourth-order valence-corrected chi connectivity index (χ4v) is 2.83. The topological polar surface area (TPSA) is 117 Å². The SMILES string of the molecule is CC(C)C.CCC.CCCCN(C)C/C(C)=C(/N=C(C)c1ccc(C(N)=O)c(F)c1)C(=O)NCC(=O)NC. The monoisotopic (exact) mass is 535 g/mol. The third-order valence-corrected chi connectivity index (χ3v) is 4.64. The highest BCUT2D eigenvalue weighted by molar-refractivity contribution is 6.05. The van der Waals surface area contributed by atoms with E-state index in [1.54, 1.807) is 13.8 Å². The number of hydrogen-bond acceptors (Lipinski definition) is 5. The van der Waals surface area contributed by atoms with Crippen molar-refractivity contribution >= 4 is 23.4 Å². The van der Waals surface area contributed by atoms with Crippen LogP contribution in [-0.4, -0.2) is 62.1 Å². The molecular weight excluding hydrogens is 485 g/mol. The number of likely N-dealkylation sites (N-methyl/N-ethyl adjacent to an activating group) is 2. The summed E-state index contributed by atoms with van der Waals surface area (Å²) in [5, 5.41) is 4.99. The molecule has 4 N–H and O–H groups in total. The second-order valence-corrected chi connectivity index (χ2v) is 9.77. The maximum absolute atomic E-state index is 14.2. The van der Waals surface area contributed by atoms with Crippen molar-refractivity contribution in [3.05, 3.63) is 46.4 Å². The summed E-state index contributed by atoms with van der Waals surface area (Å²) in [6.45, 7) is 17.5. The molecule has 0 saturated carbocycles. The van der Waals surface area contributed by atoms with E-state index in [0.717, 1.165) is 31.4 Å². The number of primary amides is 1. The molecule has 0 heterocycles. The summed E-state index contributed by atoms with van der Waals surface area (Å²) in [5.41, 5.74) is 6.59. The fourth-order valence-electron chi connectivity index (χ4n) is 2.83. The van der Waals surface area contributed by atoms with Gasteiger partial charge in [0.25, 0.3) is 11.8 Å². The number of benzene rings is 1. The zero-order valence-electron chi connectivity index (χ0n) is 25.1. The third kappa shape index (κ3) is 16.6. The number of aliphatic imine (C=N–C) groups is 1. The molecule has 216 valence electrons. The summed E-state index contributed by atoms with van der Waals surface area (Å²) in [7, 11) is 3.43. The van der Waals surface area contributed by atoms with E-state index in [1.807, 2.05) is 7.05 Å². The molecule has 1 aromatic rings. The lowest BCUT2D eigenvalue weighted by atomic mass is 10.1. The molecule has 0 spiro atoms. The Morgan fingerprint density at radius 2 is 1.66 bits per heavy atom. The van der Waals surface area contributed by atoms with Crippen molar-refractivity contribution in [2.45, 2.75) is 74.7 Å². The Bertz CT molecular complexity index is 939. The number of nitrogens with zero attached hydrogens (tertiary/aromatic N) is 2. The lowest BCUT2D eigenvalue weighted by molar-refractivity contribution is -0.124. The molecule has 0 aliphatic carbocycles. The van der Waals surface area contributed by atoms with Crippen molar-refractivity contribution in [1.29, 1.82) is 0 Å². The quantitative estimate of drug-likeness (QED) is 0.282. The van der Waals surface area contributed by atoms with E-state index in [4.69, 9.17) is 5.73 Å². The average Bonchev–Trinajstić information content (AvgIpc) is 2.83. The summed E-state index contributed by atoms with van der Waals surface area (Å²) in [5.74, 6) is -1.63. The van der Waals surface area contributed by atoms with Gasteiger partial charge in [-0.1, -0.05) is 60.5 Å². The number of carbonyl (C=O) groups is 3. The molecule has 0 unspecified atom stereocenters. The van der Waals surface area contributed by atoms with E-state index in [0.29, 0.717) is 23.4 Å². The lowest BCUT2D eigenvalue weighted by Crippen LogP contribution is -2.36. The van der Waals surface area contributed by atoms with Crippen LogP contribution in [0.5, 0.6) is 0 Å². The van der Waals surface area contributed by atoms with Crippen LogP contribution in [0, 0.1) is 11.7 Å². The first kappa shape index (κ1) is 37.1. The van der Waals surface area contributed by atoms with E-state index in [1.165, 1.54) is 25.6 Å². The fraction of sp³-hybridized carbons (Fsp3) is 0.586. The Morgan fingerprint density at radius 1 is 1.11 bits per heavy atom. The number of rotatable bonds is 11. The predicted molar refractivity (Wildman–Crippen MR) is 156 cm³/mol. The second kappa shape index (κ2) is 20.9. The maximum Gasteiger partial charge on any atom is 0.270 e. The minimum Gasteiger partial charge on any atom is -0.366 e. The van der Waals surface area contributed by atoms with Gasteiger partial charge in [-0.3, -0.25) is 14.4 Å². The van der Waals surface area contributed by atoms with Gasteiger partial charge in [-0.05, 0) is 63.0 Å². The first-order chi connectivity index (χ1) is 17.7. The van der Waals surface area contributed by atoms with E-state index >= 15 is 0 Å². The second-order valence-electron chi connectivity index (χ2n) is 9.77. The Kier molecular flexibility index (Phi) is 20.4. The van der Waals surface area contributed by atoms with E-state index < -0.39 is 17.6 Å². The predicted octanol–water partition coefficient (Wildman–Crippen LogP) is 4.68. The van der Waals surface area contributed by atoms with Gasteiger partial charge in [0.1, 0.15) is 11.5 Å². The van der Waals surface area contributed by atoms with Crippen LogP contribution in [0.4, 0.5) is 4.39 Å². The van der Waals surface area contributed by atoms with Crippen molar-refractivity contribution in [3.8, 4) is 0 Å². The molecule has 8 nitrogen and oxygen atoms in total. The minimum atomic E-state index is -0.862. The summed E-state index contributed by atoms with van der Waals surface area (Å²) in [4.78, 5) is 42.0. The molecule has 0 atom stereocenters. The molecule has 9 heteroatoms. The number of carbonyl (C=O) groups excluding carboxylic acids is 3. The number of nitrogens with two attached hydrogens (primary N) is 1. The van der Waals surface area contributed by atoms with E-state index in [9.17, 15) is 18.8 Å². The third-order valence-electron chi connectivity index (χ3n) is 4.64. The minimum absolute atomic E-state index is 0.157. The van der Waals surface area contributed by atoms with Crippen molar-refractivity contribution in [1.82, 2.24) is 15.5 Å². The first-order valence-corrected chi connectivity index (χ1v) is 13.3. The van der Waals surface area contributed by atoms with Crippen molar-refractivity contribution in [2.24, 2.45) is 16.6 Å². The number of hydrogen-bond donors (Lipinski definition) is 3. The molecular formula is C29H50FN5O3. The van der Waals surface area contributed by atoms with Crippen LogP contribution in [0.15, 0.2) is 34.5 Å². The van der Waals surface area contributed by atoms with Gasteiger partial charge < -0.3 is 21.3 Å². The van der Waals surface area contributed by atoms with Gasteiger partial charge in [-0.15, -0.1) is 0 Å². The Morgan fingerprint density at radius 3 is 2.11 bits per heavy atom. The number of unbranched alkanes of at least 4 members (excludes halogenated alkanes) is 1. The molecule has 1 rings (SSSR count). The average molecular weight is 536 g/mol. The highest BCUT2D eigenvalue weighted by atomic mass is 19.1. The summed E-state index contributed by atoms with van der Waals surface area (Å²) >= 11 is 0. The molecule has 0 fully saturated rings. The lowest BCUT2D eigenvalue weighted by Gasteiger charge is -2.18. The van der Waals surface area contributed by atoms with Gasteiger partial charge >= 0.3 is 0 Å². The van der Waals surface area contributed by atoms with Crippen LogP contribution in [0.3, 0.4) is 0 Å². The standard InChI is InChI=1S/C22H32FN5O3.C4H10.C3H8/c1-6-7-10-28(5)13-14(2)20(22(31)26-12-19(29)25-4)27-15(3)16-8-9-17(21(24)30)18(23)11-16;1-4(2)3;1-3-2/h8-9,11H,6-7,10,12-13H2,1-5H3,(H2,24,30)(H,25,29)(H,26,31);4H,1-3H3;3H2,1-2H3/b20-14+,27-15?;;. The van der Waals surface area contributed by atoms with Gasteiger partial charge in [0.2, 0.25) is 5.91 Å². The van der Waals surface area contributed by atoms with Gasteiger partial charge in [0.05, 0.1) is 12.1 Å². The van der Waals surface area contributed by atoms with Crippen molar-refractivity contribution in [3.63, 3.8) is 0 Å². The molecule has 1 aromatic carbocycles. The first-order valence-electron chi connectivity index (χ1n) is 13.3. The zero-order chi connectivity index (χ0) is 29.8. The van der Waals surface area contributed by atoms with E-state index in [2.05, 4.69) is 62.1 Å². The normalized spacial score (nSPS) is 11.6. The zero-order valence-corrected chi connectivity index (χ0v) is 25.1. The van der Waals surface area contributed by atoms with Gasteiger partial charge in [-0.25, -0.2) is 9.38 Å². The molecule has 3 amide bonds. The van der Waals surface area contributed by atoms with Crippen LogP contribution >= 0.6 is 0 Å². The molecule has 0 radical (unpaired) electrons. The molecule has 0 aromatic heterocycles.